The first kappa shape index (κ1) is 12.1. The minimum absolute atomic E-state index is 0.159. The lowest BCUT2D eigenvalue weighted by Crippen LogP contribution is -2.40. The van der Waals surface area contributed by atoms with Gasteiger partial charge in [0.1, 0.15) is 6.23 Å². The van der Waals surface area contributed by atoms with Gasteiger partial charge in [-0.1, -0.05) is 0 Å². The predicted molar refractivity (Wildman–Crippen MR) is 52.7 cm³/mol. The third-order valence-corrected chi connectivity index (χ3v) is 2.23. The van der Waals surface area contributed by atoms with Crippen molar-refractivity contribution in [2.24, 2.45) is 0 Å². The van der Waals surface area contributed by atoms with Crippen molar-refractivity contribution in [2.45, 2.75) is 6.23 Å². The number of nitrogens with zero attached hydrogens (tertiary/aromatic N) is 2. The van der Waals surface area contributed by atoms with E-state index in [0.717, 1.165) is 6.54 Å². The molecule has 1 unspecified atom stereocenters. The van der Waals surface area contributed by atoms with Crippen LogP contribution in [0.15, 0.2) is 0 Å². The number of likely N-dealkylation sites (N-methyl/N-ethyl adjacent to an activating group) is 2. The van der Waals surface area contributed by atoms with Gasteiger partial charge in [-0.3, -0.25) is 4.90 Å². The summed E-state index contributed by atoms with van der Waals surface area (Å²) in [6, 6.07) is 0. The van der Waals surface area contributed by atoms with Crippen LogP contribution in [0.1, 0.15) is 0 Å². The second kappa shape index (κ2) is 6.56. The highest BCUT2D eigenvalue weighted by atomic mass is 28.3. The van der Waals surface area contributed by atoms with Crippen molar-refractivity contribution in [1.29, 1.82) is 0 Å². The number of rotatable bonds is 6. The van der Waals surface area contributed by atoms with Crippen molar-refractivity contribution < 1.29 is 8.85 Å². The van der Waals surface area contributed by atoms with Gasteiger partial charge in [0.05, 0.1) is 0 Å². The summed E-state index contributed by atoms with van der Waals surface area (Å²) in [6.07, 6.45) is 0.159. The molecule has 0 aliphatic carbocycles. The third-order valence-electron chi connectivity index (χ3n) is 1.48. The minimum atomic E-state index is -0.780. The van der Waals surface area contributed by atoms with Crippen LogP contribution in [-0.2, 0) is 8.85 Å². The molecule has 0 rings (SSSR count). The monoisotopic (exact) mass is 192 g/mol. The summed E-state index contributed by atoms with van der Waals surface area (Å²) in [7, 11) is 9.01. The normalized spacial score (nSPS) is 15.2. The maximum absolute atomic E-state index is 5.56. The first-order valence-corrected chi connectivity index (χ1v) is 5.15. The Morgan fingerprint density at radius 3 is 2.17 bits per heavy atom. The van der Waals surface area contributed by atoms with Gasteiger partial charge in [0.2, 0.25) is 0 Å². The highest BCUT2D eigenvalue weighted by Gasteiger charge is 2.11. The maximum atomic E-state index is 5.56. The molecule has 12 heavy (non-hydrogen) atoms. The zero-order chi connectivity index (χ0) is 9.56. The van der Waals surface area contributed by atoms with Crippen LogP contribution in [-0.4, -0.2) is 67.9 Å². The van der Waals surface area contributed by atoms with Crippen LogP contribution in [0, 0.1) is 0 Å². The molecular formula is C7H20N2O2Si. The van der Waals surface area contributed by atoms with Gasteiger partial charge in [-0.2, -0.15) is 0 Å². The summed E-state index contributed by atoms with van der Waals surface area (Å²) in [5, 5.41) is 0. The quantitative estimate of drug-likeness (QED) is 0.402. The summed E-state index contributed by atoms with van der Waals surface area (Å²) in [6.45, 7) is 0.906. The first-order valence-electron chi connectivity index (χ1n) is 3.99. The summed E-state index contributed by atoms with van der Waals surface area (Å²) < 4.78 is 10.5. The van der Waals surface area contributed by atoms with Crippen LogP contribution in [0.5, 0.6) is 0 Å². The van der Waals surface area contributed by atoms with E-state index in [1.54, 1.807) is 7.11 Å². The number of hydrogen-bond donors (Lipinski definition) is 0. The molecule has 1 atom stereocenters. The van der Waals surface area contributed by atoms with Crippen molar-refractivity contribution in [3.05, 3.63) is 0 Å². The molecule has 0 fully saturated rings. The van der Waals surface area contributed by atoms with Gasteiger partial charge in [0, 0.05) is 13.7 Å². The molecule has 0 aromatic carbocycles. The van der Waals surface area contributed by atoms with Crippen LogP contribution in [0.3, 0.4) is 0 Å². The van der Waals surface area contributed by atoms with E-state index >= 15 is 0 Å². The molecule has 0 aromatic heterocycles. The van der Waals surface area contributed by atoms with Gasteiger partial charge < -0.3 is 13.8 Å². The Hall–Kier alpha value is 0.0569. The van der Waals surface area contributed by atoms with E-state index in [4.69, 9.17) is 8.85 Å². The number of hydrogen-bond acceptors (Lipinski definition) is 4. The Bertz CT molecular complexity index is 112. The van der Waals surface area contributed by atoms with Crippen molar-refractivity contribution >= 4 is 10.0 Å². The Morgan fingerprint density at radius 2 is 1.83 bits per heavy atom. The van der Waals surface area contributed by atoms with Crippen molar-refractivity contribution in [1.82, 2.24) is 9.80 Å². The fourth-order valence-corrected chi connectivity index (χ4v) is 1.52. The first-order chi connectivity index (χ1) is 5.57. The summed E-state index contributed by atoms with van der Waals surface area (Å²) in [5.74, 6) is 0. The van der Waals surface area contributed by atoms with E-state index in [0.29, 0.717) is 0 Å². The molecule has 0 bridgehead atoms. The van der Waals surface area contributed by atoms with E-state index in [1.165, 1.54) is 0 Å². The van der Waals surface area contributed by atoms with Gasteiger partial charge in [0.25, 0.3) is 0 Å². The van der Waals surface area contributed by atoms with Gasteiger partial charge in [0.15, 0.2) is 0 Å². The lowest BCUT2D eigenvalue weighted by atomic mass is 10.5. The van der Waals surface area contributed by atoms with Crippen LogP contribution >= 0.6 is 0 Å². The predicted octanol–water partition coefficient (Wildman–Crippen LogP) is -0.902. The fourth-order valence-electron chi connectivity index (χ4n) is 0.824. The maximum Gasteiger partial charge on any atom is 0.305 e. The molecule has 0 aliphatic rings. The van der Waals surface area contributed by atoms with Crippen LogP contribution < -0.4 is 0 Å². The minimum Gasteiger partial charge on any atom is -0.402 e. The smallest absolute Gasteiger partial charge is 0.305 e. The molecule has 0 saturated carbocycles. The molecule has 0 heterocycles. The summed E-state index contributed by atoms with van der Waals surface area (Å²) in [4.78, 5) is 4.17. The van der Waals surface area contributed by atoms with Crippen LogP contribution in [0.25, 0.3) is 0 Å². The Kier molecular flexibility index (Phi) is 6.59. The molecule has 0 aliphatic heterocycles. The second-order valence-electron chi connectivity index (χ2n) is 3.25. The molecule has 0 aromatic rings. The molecule has 74 valence electrons. The molecule has 0 radical (unpaired) electrons. The average molecular weight is 192 g/mol. The highest BCUT2D eigenvalue weighted by Crippen LogP contribution is 1.96. The fraction of sp³-hybridized carbons (Fsp3) is 1.00. The SMILES string of the molecule is CO[SiH2]OC(CN(C)C)N(C)C. The van der Waals surface area contributed by atoms with Gasteiger partial charge >= 0.3 is 10.0 Å². The largest absolute Gasteiger partial charge is 0.402 e. The van der Waals surface area contributed by atoms with Crippen molar-refractivity contribution in [3.63, 3.8) is 0 Å². The second-order valence-corrected chi connectivity index (χ2v) is 4.40. The van der Waals surface area contributed by atoms with Gasteiger partial charge in [-0.05, 0) is 28.2 Å². The summed E-state index contributed by atoms with van der Waals surface area (Å²) >= 11 is 0. The molecule has 0 N–H and O–H groups in total. The molecule has 4 nitrogen and oxygen atoms in total. The van der Waals surface area contributed by atoms with E-state index in [1.807, 2.05) is 28.2 Å². The highest BCUT2D eigenvalue weighted by molar-refractivity contribution is 6.17. The van der Waals surface area contributed by atoms with Crippen molar-refractivity contribution in [2.75, 3.05) is 41.8 Å². The average Bonchev–Trinajstić information content (AvgIpc) is 1.96. The van der Waals surface area contributed by atoms with E-state index in [-0.39, 0.29) is 6.23 Å². The zero-order valence-corrected chi connectivity index (χ0v) is 10.1. The van der Waals surface area contributed by atoms with Crippen LogP contribution in [0.2, 0.25) is 0 Å². The van der Waals surface area contributed by atoms with Gasteiger partial charge in [-0.15, -0.1) is 0 Å². The molecular weight excluding hydrogens is 172 g/mol. The van der Waals surface area contributed by atoms with Crippen LogP contribution in [0.4, 0.5) is 0 Å². The lowest BCUT2D eigenvalue weighted by Gasteiger charge is -2.27. The molecule has 5 heteroatoms. The topological polar surface area (TPSA) is 24.9 Å². The molecule has 0 spiro atoms. The standard InChI is InChI=1S/C7H20N2O2Si/c1-8(2)6-7(9(3)4)11-12-10-5/h7H,6,12H2,1-5H3. The zero-order valence-electron chi connectivity index (χ0n) is 8.70. The van der Waals surface area contributed by atoms with Crippen molar-refractivity contribution in [3.8, 4) is 0 Å². The summed E-state index contributed by atoms with van der Waals surface area (Å²) in [5.41, 5.74) is 0. The van der Waals surface area contributed by atoms with E-state index in [9.17, 15) is 0 Å². The molecule has 0 amide bonds. The van der Waals surface area contributed by atoms with E-state index < -0.39 is 10.0 Å². The van der Waals surface area contributed by atoms with Gasteiger partial charge in [-0.25, -0.2) is 0 Å². The third kappa shape index (κ3) is 5.67. The Morgan fingerprint density at radius 1 is 1.25 bits per heavy atom. The Labute approximate surface area is 77.5 Å². The lowest BCUT2D eigenvalue weighted by molar-refractivity contribution is 0.0298. The van der Waals surface area contributed by atoms with E-state index in [2.05, 4.69) is 9.80 Å². The molecule has 0 saturated heterocycles. The Balaban J connectivity index is 3.70.